The predicted molar refractivity (Wildman–Crippen MR) is 71.3 cm³/mol. The number of halogens is 3. The van der Waals surface area contributed by atoms with Gasteiger partial charge in [-0.05, 0) is 31.9 Å². The summed E-state index contributed by atoms with van der Waals surface area (Å²) in [6, 6.07) is 4.21. The van der Waals surface area contributed by atoms with Gasteiger partial charge in [-0.15, -0.1) is 0 Å². The highest BCUT2D eigenvalue weighted by atomic mass is 19.4. The number of nitrogens with two attached hydrogens (primary N) is 1. The van der Waals surface area contributed by atoms with E-state index in [9.17, 15) is 18.0 Å². The maximum absolute atomic E-state index is 12.7. The molecule has 0 radical (unpaired) electrons. The quantitative estimate of drug-likeness (QED) is 0.729. The van der Waals surface area contributed by atoms with Gasteiger partial charge < -0.3 is 16.4 Å². The van der Waals surface area contributed by atoms with Crippen LogP contribution in [0.5, 0.6) is 0 Å². The maximum Gasteiger partial charge on any atom is 0.418 e. The first-order valence-corrected chi connectivity index (χ1v) is 6.27. The number of nitrogens with one attached hydrogen (secondary N) is 2. The molecule has 20 heavy (non-hydrogen) atoms. The summed E-state index contributed by atoms with van der Waals surface area (Å²) < 4.78 is 38.1. The second kappa shape index (κ2) is 7.14. The fourth-order valence-corrected chi connectivity index (χ4v) is 1.63. The van der Waals surface area contributed by atoms with E-state index in [0.29, 0.717) is 13.0 Å². The molecule has 4 N–H and O–H groups in total. The number of rotatable bonds is 5. The molecule has 0 heterocycles. The Kier molecular flexibility index (Phi) is 5.82. The number of amides is 2. The summed E-state index contributed by atoms with van der Waals surface area (Å²) in [5, 5.41) is 4.70. The molecular formula is C13H18F3N3O. The zero-order valence-electron chi connectivity index (χ0n) is 11.1. The van der Waals surface area contributed by atoms with Gasteiger partial charge in [0, 0.05) is 12.6 Å². The molecule has 0 aliphatic heterocycles. The number of benzene rings is 1. The molecule has 0 saturated carbocycles. The van der Waals surface area contributed by atoms with Crippen LogP contribution in [-0.2, 0) is 6.18 Å². The minimum Gasteiger partial charge on any atom is -0.338 e. The molecule has 0 saturated heterocycles. The first kappa shape index (κ1) is 16.3. The summed E-state index contributed by atoms with van der Waals surface area (Å²) in [5.74, 6) is 0. The Hall–Kier alpha value is -1.76. The summed E-state index contributed by atoms with van der Waals surface area (Å²) in [4.78, 5) is 11.5. The summed E-state index contributed by atoms with van der Waals surface area (Å²) in [5.41, 5.74) is 4.42. The fourth-order valence-electron chi connectivity index (χ4n) is 1.63. The molecule has 1 rings (SSSR count). The Labute approximate surface area is 115 Å². The van der Waals surface area contributed by atoms with Gasteiger partial charge >= 0.3 is 12.2 Å². The third-order valence-electron chi connectivity index (χ3n) is 2.60. The van der Waals surface area contributed by atoms with Gasteiger partial charge in [-0.1, -0.05) is 12.1 Å². The topological polar surface area (TPSA) is 67.1 Å². The fraction of sp³-hybridized carbons (Fsp3) is 0.462. The number of alkyl halides is 3. The lowest BCUT2D eigenvalue weighted by Gasteiger charge is -2.14. The van der Waals surface area contributed by atoms with Crippen molar-refractivity contribution in [3.63, 3.8) is 0 Å². The first-order valence-electron chi connectivity index (χ1n) is 6.27. The van der Waals surface area contributed by atoms with E-state index in [4.69, 9.17) is 5.73 Å². The van der Waals surface area contributed by atoms with Gasteiger partial charge in [-0.2, -0.15) is 13.2 Å². The molecule has 0 aromatic heterocycles. The van der Waals surface area contributed by atoms with Gasteiger partial charge in [-0.25, -0.2) is 4.79 Å². The summed E-state index contributed by atoms with van der Waals surface area (Å²) in [6.07, 6.45) is -3.09. The molecular weight excluding hydrogens is 271 g/mol. The molecule has 1 aromatic rings. The molecule has 0 aliphatic rings. The van der Waals surface area contributed by atoms with E-state index >= 15 is 0 Å². The maximum atomic E-state index is 12.7. The lowest BCUT2D eigenvalue weighted by Crippen LogP contribution is -2.31. The van der Waals surface area contributed by atoms with Crippen LogP contribution in [0.4, 0.5) is 23.7 Å². The van der Waals surface area contributed by atoms with Crippen LogP contribution in [0.3, 0.4) is 0 Å². The van der Waals surface area contributed by atoms with E-state index < -0.39 is 17.8 Å². The van der Waals surface area contributed by atoms with E-state index in [2.05, 4.69) is 10.6 Å². The van der Waals surface area contributed by atoms with Crippen molar-refractivity contribution in [2.24, 2.45) is 5.73 Å². The van der Waals surface area contributed by atoms with Crippen molar-refractivity contribution < 1.29 is 18.0 Å². The molecule has 112 valence electrons. The van der Waals surface area contributed by atoms with E-state index in [1.807, 2.05) is 6.92 Å². The van der Waals surface area contributed by atoms with Crippen molar-refractivity contribution >= 4 is 11.7 Å². The number of carbonyl (C=O) groups is 1. The Morgan fingerprint density at radius 3 is 2.60 bits per heavy atom. The van der Waals surface area contributed by atoms with E-state index in [0.717, 1.165) is 12.5 Å². The lowest BCUT2D eigenvalue weighted by atomic mass is 10.1. The average molecular weight is 289 g/mol. The highest BCUT2D eigenvalue weighted by molar-refractivity contribution is 5.90. The summed E-state index contributed by atoms with van der Waals surface area (Å²) in [6.45, 7) is 2.21. The number of urea groups is 1. The SMILES string of the molecule is CC(N)CCCNC(=O)Nc1ccccc1C(F)(F)F. The number of anilines is 1. The molecule has 1 aromatic carbocycles. The van der Waals surface area contributed by atoms with Crippen LogP contribution >= 0.6 is 0 Å². The number of carbonyl (C=O) groups excluding carboxylic acids is 1. The van der Waals surface area contributed by atoms with Gasteiger partial charge in [-0.3, -0.25) is 0 Å². The van der Waals surface area contributed by atoms with Crippen LogP contribution in [0.1, 0.15) is 25.3 Å². The van der Waals surface area contributed by atoms with Crippen LogP contribution in [0.15, 0.2) is 24.3 Å². The highest BCUT2D eigenvalue weighted by Crippen LogP contribution is 2.34. The van der Waals surface area contributed by atoms with Gasteiger partial charge in [0.2, 0.25) is 0 Å². The molecule has 1 unspecified atom stereocenters. The van der Waals surface area contributed by atoms with Crippen molar-refractivity contribution in [3.05, 3.63) is 29.8 Å². The summed E-state index contributed by atoms with van der Waals surface area (Å²) >= 11 is 0. The van der Waals surface area contributed by atoms with Gasteiger partial charge in [0.05, 0.1) is 11.3 Å². The van der Waals surface area contributed by atoms with Crippen molar-refractivity contribution in [3.8, 4) is 0 Å². The van der Waals surface area contributed by atoms with Crippen LogP contribution in [0.2, 0.25) is 0 Å². The van der Waals surface area contributed by atoms with Gasteiger partial charge in [0.15, 0.2) is 0 Å². The largest absolute Gasteiger partial charge is 0.418 e. The van der Waals surface area contributed by atoms with E-state index in [1.165, 1.54) is 18.2 Å². The molecule has 7 heteroatoms. The van der Waals surface area contributed by atoms with E-state index in [-0.39, 0.29) is 11.7 Å². The van der Waals surface area contributed by atoms with Crippen molar-refractivity contribution in [1.82, 2.24) is 5.32 Å². The summed E-state index contributed by atoms with van der Waals surface area (Å²) in [7, 11) is 0. The zero-order valence-corrected chi connectivity index (χ0v) is 11.1. The smallest absolute Gasteiger partial charge is 0.338 e. The Bertz CT molecular complexity index is 447. The normalized spacial score (nSPS) is 12.8. The van der Waals surface area contributed by atoms with E-state index in [1.54, 1.807) is 0 Å². The molecule has 1 atom stereocenters. The number of hydrogen-bond donors (Lipinski definition) is 3. The van der Waals surface area contributed by atoms with Crippen molar-refractivity contribution in [1.29, 1.82) is 0 Å². The number of para-hydroxylation sites is 1. The average Bonchev–Trinajstić information content (AvgIpc) is 2.34. The second-order valence-electron chi connectivity index (χ2n) is 4.54. The predicted octanol–water partition coefficient (Wildman–Crippen LogP) is 2.95. The number of hydrogen-bond acceptors (Lipinski definition) is 2. The third kappa shape index (κ3) is 5.48. The Morgan fingerprint density at radius 2 is 2.00 bits per heavy atom. The highest BCUT2D eigenvalue weighted by Gasteiger charge is 2.33. The monoisotopic (exact) mass is 289 g/mol. The minimum atomic E-state index is -4.50. The Morgan fingerprint density at radius 1 is 1.35 bits per heavy atom. The van der Waals surface area contributed by atoms with Crippen LogP contribution in [0, 0.1) is 0 Å². The molecule has 0 aliphatic carbocycles. The molecule has 4 nitrogen and oxygen atoms in total. The van der Waals surface area contributed by atoms with Crippen LogP contribution < -0.4 is 16.4 Å². The zero-order chi connectivity index (χ0) is 15.2. The third-order valence-corrected chi connectivity index (χ3v) is 2.60. The second-order valence-corrected chi connectivity index (χ2v) is 4.54. The van der Waals surface area contributed by atoms with Crippen molar-refractivity contribution in [2.45, 2.75) is 32.0 Å². The molecule has 2 amide bonds. The van der Waals surface area contributed by atoms with Crippen molar-refractivity contribution in [2.75, 3.05) is 11.9 Å². The molecule has 0 bridgehead atoms. The molecule has 0 spiro atoms. The van der Waals surface area contributed by atoms with Crippen LogP contribution in [0.25, 0.3) is 0 Å². The lowest BCUT2D eigenvalue weighted by molar-refractivity contribution is -0.136. The standard InChI is InChI=1S/C13H18F3N3O/c1-9(17)5-4-8-18-12(20)19-11-7-3-2-6-10(11)13(14,15)16/h2-3,6-7,9H,4-5,8,17H2,1H3,(H2,18,19,20). The van der Waals surface area contributed by atoms with Crippen LogP contribution in [-0.4, -0.2) is 18.6 Å². The first-order chi connectivity index (χ1) is 9.30. The minimum absolute atomic E-state index is 0.0332. The van der Waals surface area contributed by atoms with Gasteiger partial charge in [0.25, 0.3) is 0 Å². The Balaban J connectivity index is 2.54. The van der Waals surface area contributed by atoms with Gasteiger partial charge in [0.1, 0.15) is 0 Å². The molecule has 0 fully saturated rings.